The van der Waals surface area contributed by atoms with Crippen LogP contribution in [0, 0.1) is 10.1 Å². The van der Waals surface area contributed by atoms with Gasteiger partial charge in [0.15, 0.2) is 0 Å². The number of carboxylic acids is 1. The summed E-state index contributed by atoms with van der Waals surface area (Å²) >= 11 is 0. The van der Waals surface area contributed by atoms with Gasteiger partial charge < -0.3 is 14.9 Å². The highest BCUT2D eigenvalue weighted by Crippen LogP contribution is 2.26. The van der Waals surface area contributed by atoms with Gasteiger partial charge >= 0.3 is 5.97 Å². The Morgan fingerprint density at radius 1 is 1.32 bits per heavy atom. The molecule has 0 spiro atoms. The van der Waals surface area contributed by atoms with Crippen LogP contribution in [0.4, 0.5) is 11.4 Å². The summed E-state index contributed by atoms with van der Waals surface area (Å²) in [6.07, 6.45) is 0.988. The number of benzene rings is 1. The Morgan fingerprint density at radius 2 is 2.05 bits per heavy atom. The topological polar surface area (TPSA) is 86.9 Å². The van der Waals surface area contributed by atoms with E-state index in [1.54, 1.807) is 6.07 Å². The molecular formula is C14H20ClN3O4. The molecule has 0 radical (unpaired) electrons. The van der Waals surface area contributed by atoms with E-state index in [2.05, 4.69) is 16.7 Å². The van der Waals surface area contributed by atoms with Gasteiger partial charge in [-0.3, -0.25) is 10.1 Å². The van der Waals surface area contributed by atoms with Crippen molar-refractivity contribution < 1.29 is 14.8 Å². The fourth-order valence-electron chi connectivity index (χ4n) is 2.59. The van der Waals surface area contributed by atoms with Gasteiger partial charge in [0.05, 0.1) is 4.92 Å². The smallest absolute Gasteiger partial charge is 0.342 e. The summed E-state index contributed by atoms with van der Waals surface area (Å²) in [5.41, 5.74) is 0.0926. The summed E-state index contributed by atoms with van der Waals surface area (Å²) in [5, 5.41) is 20.0. The number of hydrogen-bond donors (Lipinski definition) is 1. The van der Waals surface area contributed by atoms with Gasteiger partial charge in [0.1, 0.15) is 5.56 Å². The highest BCUT2D eigenvalue weighted by atomic mass is 35.5. The molecule has 1 aromatic rings. The molecular weight excluding hydrogens is 310 g/mol. The third-order valence-corrected chi connectivity index (χ3v) is 3.81. The lowest BCUT2D eigenvalue weighted by Gasteiger charge is -2.23. The molecule has 122 valence electrons. The maximum atomic E-state index is 11.0. The Balaban J connectivity index is 0.00000242. The van der Waals surface area contributed by atoms with Gasteiger partial charge in [-0.2, -0.15) is 0 Å². The monoisotopic (exact) mass is 329 g/mol. The van der Waals surface area contributed by atoms with Crippen molar-refractivity contribution >= 4 is 29.8 Å². The van der Waals surface area contributed by atoms with Crippen LogP contribution in [0.15, 0.2) is 18.2 Å². The summed E-state index contributed by atoms with van der Waals surface area (Å²) in [6, 6.07) is 4.33. The molecule has 1 N–H and O–H groups in total. The van der Waals surface area contributed by atoms with E-state index in [4.69, 9.17) is 5.11 Å². The Kier molecular flexibility index (Phi) is 6.58. The molecule has 0 aromatic heterocycles. The van der Waals surface area contributed by atoms with Crippen LogP contribution in [-0.2, 0) is 0 Å². The van der Waals surface area contributed by atoms with Crippen LogP contribution >= 0.6 is 12.4 Å². The Bertz CT molecular complexity index is 553. The molecule has 0 atom stereocenters. The number of carboxylic acid groups (broad SMARTS) is 1. The minimum Gasteiger partial charge on any atom is -0.477 e. The van der Waals surface area contributed by atoms with E-state index in [-0.39, 0.29) is 23.7 Å². The number of anilines is 1. The normalized spacial score (nSPS) is 15.8. The van der Waals surface area contributed by atoms with E-state index in [0.717, 1.165) is 39.1 Å². The van der Waals surface area contributed by atoms with Gasteiger partial charge in [-0.05, 0) is 31.6 Å². The zero-order valence-electron chi connectivity index (χ0n) is 12.4. The number of nitro groups is 1. The van der Waals surface area contributed by atoms with Gasteiger partial charge in [-0.25, -0.2) is 4.79 Å². The van der Waals surface area contributed by atoms with Crippen molar-refractivity contribution in [1.29, 1.82) is 0 Å². The summed E-state index contributed by atoms with van der Waals surface area (Å²) in [5.74, 6) is -1.28. The fourth-order valence-corrected chi connectivity index (χ4v) is 2.59. The molecule has 7 nitrogen and oxygen atoms in total. The largest absolute Gasteiger partial charge is 0.477 e. The van der Waals surface area contributed by atoms with Crippen LogP contribution in [0.1, 0.15) is 23.7 Å². The lowest BCUT2D eigenvalue weighted by atomic mass is 10.1. The summed E-state index contributed by atoms with van der Waals surface area (Å²) in [7, 11) is 0. The first-order valence-electron chi connectivity index (χ1n) is 7.02. The molecule has 1 saturated heterocycles. The first-order valence-corrected chi connectivity index (χ1v) is 7.02. The Hall–Kier alpha value is -1.86. The van der Waals surface area contributed by atoms with Crippen molar-refractivity contribution in [2.24, 2.45) is 0 Å². The van der Waals surface area contributed by atoms with Crippen molar-refractivity contribution in [3.05, 3.63) is 33.9 Å². The van der Waals surface area contributed by atoms with Gasteiger partial charge in [0, 0.05) is 31.4 Å². The Morgan fingerprint density at radius 3 is 2.64 bits per heavy atom. The standard InChI is InChI=1S/C14H19N3O4.ClH/c1-2-15-6-3-7-16(9-8-15)11-4-5-12(14(18)19)13(10-11)17(20)21;/h4-5,10H,2-3,6-9H2,1H3,(H,18,19);1H. The molecule has 2 rings (SSSR count). The average molecular weight is 330 g/mol. The first kappa shape index (κ1) is 18.2. The number of aromatic carboxylic acids is 1. The van der Waals surface area contributed by atoms with Crippen LogP contribution in [0.3, 0.4) is 0 Å². The predicted molar refractivity (Wildman–Crippen MR) is 86.2 cm³/mol. The number of hydrogen-bond acceptors (Lipinski definition) is 5. The van der Waals surface area contributed by atoms with E-state index in [1.165, 1.54) is 12.1 Å². The molecule has 1 aliphatic rings. The SMILES string of the molecule is CCN1CCCN(c2ccc(C(=O)O)c([N+](=O)[O-])c2)CC1.Cl. The molecule has 0 aliphatic carbocycles. The quantitative estimate of drug-likeness (QED) is 0.673. The number of nitrogens with zero attached hydrogens (tertiary/aromatic N) is 3. The predicted octanol–water partition coefficient (Wildman–Crippen LogP) is 2.25. The molecule has 0 unspecified atom stereocenters. The number of nitro benzene ring substituents is 1. The maximum Gasteiger partial charge on any atom is 0.342 e. The van der Waals surface area contributed by atoms with Crippen molar-refractivity contribution in [2.75, 3.05) is 37.6 Å². The first-order chi connectivity index (χ1) is 10.0. The van der Waals surface area contributed by atoms with Crippen LogP contribution in [0.5, 0.6) is 0 Å². The van der Waals surface area contributed by atoms with Crippen LogP contribution in [0.25, 0.3) is 0 Å². The number of halogens is 1. The van der Waals surface area contributed by atoms with E-state index < -0.39 is 10.9 Å². The van der Waals surface area contributed by atoms with Crippen LogP contribution in [0.2, 0.25) is 0 Å². The maximum absolute atomic E-state index is 11.0. The number of carbonyl (C=O) groups is 1. The second-order valence-corrected chi connectivity index (χ2v) is 5.04. The average Bonchev–Trinajstić information content (AvgIpc) is 2.71. The summed E-state index contributed by atoms with van der Waals surface area (Å²) < 4.78 is 0. The second-order valence-electron chi connectivity index (χ2n) is 5.04. The Labute approximate surface area is 135 Å². The molecule has 8 heteroatoms. The van der Waals surface area contributed by atoms with E-state index in [0.29, 0.717) is 5.69 Å². The van der Waals surface area contributed by atoms with Gasteiger partial charge in [0.25, 0.3) is 5.69 Å². The molecule has 0 bridgehead atoms. The zero-order valence-corrected chi connectivity index (χ0v) is 13.2. The van der Waals surface area contributed by atoms with Crippen molar-refractivity contribution in [1.82, 2.24) is 4.90 Å². The summed E-state index contributed by atoms with van der Waals surface area (Å²) in [6.45, 7) is 6.64. The number of likely N-dealkylation sites (N-methyl/N-ethyl adjacent to an activating group) is 1. The van der Waals surface area contributed by atoms with Crippen LogP contribution < -0.4 is 4.90 Å². The molecule has 22 heavy (non-hydrogen) atoms. The molecule has 1 fully saturated rings. The zero-order chi connectivity index (χ0) is 15.4. The van der Waals surface area contributed by atoms with Crippen molar-refractivity contribution in [2.45, 2.75) is 13.3 Å². The van der Waals surface area contributed by atoms with E-state index in [1.807, 2.05) is 0 Å². The lowest BCUT2D eigenvalue weighted by Crippen LogP contribution is -2.30. The van der Waals surface area contributed by atoms with Gasteiger partial charge in [-0.15, -0.1) is 12.4 Å². The fraction of sp³-hybridized carbons (Fsp3) is 0.500. The highest BCUT2D eigenvalue weighted by Gasteiger charge is 2.22. The summed E-state index contributed by atoms with van der Waals surface area (Å²) in [4.78, 5) is 25.8. The molecule has 1 heterocycles. The van der Waals surface area contributed by atoms with Crippen molar-refractivity contribution in [3.63, 3.8) is 0 Å². The van der Waals surface area contributed by atoms with Gasteiger partial charge in [-0.1, -0.05) is 6.92 Å². The minimum atomic E-state index is -1.28. The number of rotatable bonds is 4. The molecule has 1 aromatic carbocycles. The third kappa shape index (κ3) is 4.08. The van der Waals surface area contributed by atoms with Gasteiger partial charge in [0.2, 0.25) is 0 Å². The van der Waals surface area contributed by atoms with Crippen LogP contribution in [-0.4, -0.2) is 53.6 Å². The van der Waals surface area contributed by atoms with E-state index in [9.17, 15) is 14.9 Å². The third-order valence-electron chi connectivity index (χ3n) is 3.81. The second kappa shape index (κ2) is 7.95. The molecule has 0 saturated carbocycles. The highest BCUT2D eigenvalue weighted by molar-refractivity contribution is 5.93. The molecule has 1 aliphatic heterocycles. The minimum absolute atomic E-state index is 0. The molecule has 0 amide bonds. The van der Waals surface area contributed by atoms with E-state index >= 15 is 0 Å². The lowest BCUT2D eigenvalue weighted by molar-refractivity contribution is -0.385. The van der Waals surface area contributed by atoms with Crippen molar-refractivity contribution in [3.8, 4) is 0 Å².